The molecule has 0 aliphatic heterocycles. The van der Waals surface area contributed by atoms with E-state index in [9.17, 15) is 0 Å². The molecule has 0 aromatic heterocycles. The molecule has 0 atom stereocenters. The van der Waals surface area contributed by atoms with Crippen molar-refractivity contribution in [1.82, 2.24) is 0 Å². The molecule has 0 saturated heterocycles. The standard InChI is InChI=1S/C6H15OSi/c1-7-5-6-8(2,3)4/h1,5-6H2,2-4H3. The van der Waals surface area contributed by atoms with Gasteiger partial charge in [-0.25, -0.2) is 0 Å². The molecule has 0 amide bonds. The number of hydrogen-bond donors (Lipinski definition) is 0. The van der Waals surface area contributed by atoms with Gasteiger partial charge in [0.2, 0.25) is 0 Å². The van der Waals surface area contributed by atoms with Gasteiger partial charge in [0.25, 0.3) is 0 Å². The Balaban J connectivity index is 3.11. The Morgan fingerprint density at radius 3 is 2.00 bits per heavy atom. The van der Waals surface area contributed by atoms with Gasteiger partial charge in [-0.1, -0.05) is 19.6 Å². The highest BCUT2D eigenvalue weighted by Crippen LogP contribution is 2.06. The van der Waals surface area contributed by atoms with Crippen LogP contribution in [0.15, 0.2) is 0 Å². The van der Waals surface area contributed by atoms with Crippen molar-refractivity contribution in [2.24, 2.45) is 0 Å². The molecular formula is C6H15OSi. The lowest BCUT2D eigenvalue weighted by Crippen LogP contribution is -2.20. The number of ether oxygens (including phenoxy) is 1. The lowest BCUT2D eigenvalue weighted by molar-refractivity contribution is 0.260. The van der Waals surface area contributed by atoms with Crippen molar-refractivity contribution < 1.29 is 4.74 Å². The van der Waals surface area contributed by atoms with Gasteiger partial charge in [0.05, 0.1) is 7.11 Å². The minimum absolute atomic E-state index is 0.829. The Morgan fingerprint density at radius 2 is 1.88 bits per heavy atom. The number of hydrogen-bond acceptors (Lipinski definition) is 1. The third-order valence-corrected chi connectivity index (χ3v) is 2.70. The van der Waals surface area contributed by atoms with Gasteiger partial charge in [-0.05, 0) is 6.04 Å². The molecule has 0 spiro atoms. The summed E-state index contributed by atoms with van der Waals surface area (Å²) in [6.07, 6.45) is 0. The first-order valence-corrected chi connectivity index (χ1v) is 6.64. The summed E-state index contributed by atoms with van der Waals surface area (Å²) < 4.78 is 4.70. The van der Waals surface area contributed by atoms with Crippen LogP contribution < -0.4 is 0 Å². The van der Waals surface area contributed by atoms with E-state index in [0.717, 1.165) is 6.61 Å². The Bertz CT molecular complexity index is 56.0. The average molecular weight is 131 g/mol. The normalized spacial score (nSPS) is 12.0. The van der Waals surface area contributed by atoms with E-state index in [1.807, 2.05) is 0 Å². The highest BCUT2D eigenvalue weighted by Gasteiger charge is 2.10. The summed E-state index contributed by atoms with van der Waals surface area (Å²) in [6.45, 7) is 7.81. The molecular weight excluding hydrogens is 116 g/mol. The molecule has 1 nitrogen and oxygen atoms in total. The molecule has 0 bridgehead atoms. The summed E-state index contributed by atoms with van der Waals surface area (Å²) in [5.41, 5.74) is 0. The molecule has 0 unspecified atom stereocenters. The van der Waals surface area contributed by atoms with Crippen molar-refractivity contribution in [2.45, 2.75) is 25.7 Å². The van der Waals surface area contributed by atoms with Crippen LogP contribution in [0.3, 0.4) is 0 Å². The second-order valence-electron chi connectivity index (χ2n) is 3.22. The highest BCUT2D eigenvalue weighted by molar-refractivity contribution is 6.76. The predicted octanol–water partition coefficient (Wildman–Crippen LogP) is 2.13. The smallest absolute Gasteiger partial charge is 0.0700 e. The molecule has 2 heteroatoms. The second-order valence-corrected chi connectivity index (χ2v) is 8.84. The van der Waals surface area contributed by atoms with Crippen LogP contribution in [0.4, 0.5) is 0 Å². The summed E-state index contributed by atoms with van der Waals surface area (Å²) in [5.74, 6) is 0. The Kier molecular flexibility index (Phi) is 3.32. The molecule has 0 N–H and O–H groups in total. The summed E-state index contributed by atoms with van der Waals surface area (Å²) in [7, 11) is 2.47. The molecule has 49 valence electrons. The van der Waals surface area contributed by atoms with E-state index in [4.69, 9.17) is 4.74 Å². The van der Waals surface area contributed by atoms with E-state index in [1.54, 1.807) is 0 Å². The van der Waals surface area contributed by atoms with Crippen molar-refractivity contribution >= 4 is 8.07 Å². The first kappa shape index (κ1) is 8.18. The zero-order valence-electron chi connectivity index (χ0n) is 6.03. The van der Waals surface area contributed by atoms with Crippen molar-refractivity contribution in [2.75, 3.05) is 6.61 Å². The van der Waals surface area contributed by atoms with Gasteiger partial charge in [-0.15, -0.1) is 0 Å². The van der Waals surface area contributed by atoms with E-state index in [-0.39, 0.29) is 0 Å². The van der Waals surface area contributed by atoms with Crippen molar-refractivity contribution in [3.05, 3.63) is 7.11 Å². The lowest BCUT2D eigenvalue weighted by atomic mass is 10.9. The summed E-state index contributed by atoms with van der Waals surface area (Å²) in [6, 6.07) is 1.22. The van der Waals surface area contributed by atoms with Crippen LogP contribution in [0.25, 0.3) is 0 Å². The van der Waals surface area contributed by atoms with Crippen molar-refractivity contribution in [3.8, 4) is 0 Å². The van der Waals surface area contributed by atoms with E-state index >= 15 is 0 Å². The van der Waals surface area contributed by atoms with Crippen LogP contribution in [0.1, 0.15) is 0 Å². The molecule has 1 radical (unpaired) electrons. The van der Waals surface area contributed by atoms with Gasteiger partial charge < -0.3 is 4.74 Å². The molecule has 0 fully saturated rings. The zero-order chi connectivity index (χ0) is 6.62. The van der Waals surface area contributed by atoms with Crippen LogP contribution in [0, 0.1) is 7.11 Å². The first-order chi connectivity index (χ1) is 3.56. The number of rotatable bonds is 3. The third kappa shape index (κ3) is 6.18. The van der Waals surface area contributed by atoms with Crippen molar-refractivity contribution in [3.63, 3.8) is 0 Å². The topological polar surface area (TPSA) is 9.23 Å². The maximum absolute atomic E-state index is 4.70. The molecule has 0 aromatic carbocycles. The van der Waals surface area contributed by atoms with Crippen LogP contribution in [-0.2, 0) is 4.74 Å². The van der Waals surface area contributed by atoms with E-state index in [0.29, 0.717) is 0 Å². The van der Waals surface area contributed by atoms with Gasteiger partial charge in [-0.3, -0.25) is 0 Å². The monoisotopic (exact) mass is 131 g/mol. The maximum atomic E-state index is 4.70. The van der Waals surface area contributed by atoms with Gasteiger partial charge >= 0.3 is 0 Å². The van der Waals surface area contributed by atoms with Gasteiger partial charge in [0.15, 0.2) is 0 Å². The van der Waals surface area contributed by atoms with Crippen molar-refractivity contribution in [1.29, 1.82) is 0 Å². The highest BCUT2D eigenvalue weighted by atomic mass is 28.3. The van der Waals surface area contributed by atoms with E-state index in [2.05, 4.69) is 26.8 Å². The van der Waals surface area contributed by atoms with Crippen LogP contribution in [0.2, 0.25) is 25.7 Å². The summed E-state index contributed by atoms with van der Waals surface area (Å²) >= 11 is 0. The first-order valence-electron chi connectivity index (χ1n) is 2.93. The van der Waals surface area contributed by atoms with Gasteiger partial charge in [0.1, 0.15) is 0 Å². The van der Waals surface area contributed by atoms with Crippen LogP contribution in [0.5, 0.6) is 0 Å². The molecule has 8 heavy (non-hydrogen) atoms. The Labute approximate surface area is 53.1 Å². The van der Waals surface area contributed by atoms with E-state index in [1.165, 1.54) is 6.04 Å². The molecule has 0 rings (SSSR count). The summed E-state index contributed by atoms with van der Waals surface area (Å²) in [5, 5.41) is 0. The lowest BCUT2D eigenvalue weighted by Gasteiger charge is -2.13. The second kappa shape index (κ2) is 3.25. The minimum Gasteiger partial charge on any atom is -0.379 e. The average Bonchev–Trinajstić information content (AvgIpc) is 1.59. The fraction of sp³-hybridized carbons (Fsp3) is 0.833. The van der Waals surface area contributed by atoms with Gasteiger partial charge in [-0.2, -0.15) is 0 Å². The molecule has 0 aromatic rings. The molecule has 0 aliphatic carbocycles. The van der Waals surface area contributed by atoms with E-state index < -0.39 is 8.07 Å². The quantitative estimate of drug-likeness (QED) is 0.533. The van der Waals surface area contributed by atoms with Gasteiger partial charge in [0, 0.05) is 14.7 Å². The fourth-order valence-electron chi connectivity index (χ4n) is 0.378. The Hall–Kier alpha value is 0.177. The molecule has 0 saturated carbocycles. The van der Waals surface area contributed by atoms with Crippen LogP contribution >= 0.6 is 0 Å². The predicted molar refractivity (Wildman–Crippen MR) is 39.5 cm³/mol. The van der Waals surface area contributed by atoms with Crippen LogP contribution in [-0.4, -0.2) is 14.7 Å². The fourth-order valence-corrected chi connectivity index (χ4v) is 1.14. The molecule has 0 heterocycles. The largest absolute Gasteiger partial charge is 0.379 e. The zero-order valence-corrected chi connectivity index (χ0v) is 7.03. The third-order valence-electron chi connectivity index (χ3n) is 0.996. The molecule has 0 aliphatic rings. The summed E-state index contributed by atoms with van der Waals surface area (Å²) in [4.78, 5) is 0. The SMILES string of the molecule is [CH2]OCC[Si](C)(C)C. The minimum atomic E-state index is -0.843. The maximum Gasteiger partial charge on any atom is 0.0700 e. The Morgan fingerprint density at radius 1 is 1.38 bits per heavy atom.